The topological polar surface area (TPSA) is 193 Å². The summed E-state index contributed by atoms with van der Waals surface area (Å²) < 4.78 is 0. The average molecular weight is 450 g/mol. The summed E-state index contributed by atoms with van der Waals surface area (Å²) in [5, 5.41) is 26.7. The van der Waals surface area contributed by atoms with Gasteiger partial charge < -0.3 is 37.3 Å². The van der Waals surface area contributed by atoms with Gasteiger partial charge in [-0.3, -0.25) is 9.59 Å². The summed E-state index contributed by atoms with van der Waals surface area (Å²) in [5.41, 5.74) is 16.7. The van der Waals surface area contributed by atoms with E-state index in [0.29, 0.717) is 25.8 Å². The van der Waals surface area contributed by atoms with Crippen molar-refractivity contribution in [3.05, 3.63) is 35.9 Å². The second-order valence-corrected chi connectivity index (χ2v) is 6.84. The van der Waals surface area contributed by atoms with E-state index in [0.717, 1.165) is 12.8 Å². The summed E-state index contributed by atoms with van der Waals surface area (Å²) in [5.74, 6) is -2.76. The molecule has 0 aromatic heterocycles. The number of benzene rings is 1. The number of nitrogens with two attached hydrogens (primary N) is 3. The summed E-state index contributed by atoms with van der Waals surface area (Å²) in [6.45, 7) is 4.26. The molecule has 0 aliphatic heterocycles. The number of carboxylic acids is 3. The standard InChI is InChI=1S/C10H12O2.C6H13NO2.C5H12N2O2.Na/c11-10(12)8-4-7-9-5-2-1-3-6-9;1-3-4(2)5(7)6(8)9;6-3-1-2-4(7)5(8)9;/h1-3,5-6H,4,7-8H2,(H,11,12);4-5H,3,7H2,1-2H3,(H,8,9);4H,1-3,6-7H2,(H,8,9);/q;;;+1/p-1/t;4-,5-;4-;/m.00./s1. The molecule has 1 aromatic rings. The van der Waals surface area contributed by atoms with Gasteiger partial charge in [0, 0.05) is 5.97 Å². The molecule has 1 rings (SSSR count). The summed E-state index contributed by atoms with van der Waals surface area (Å²) in [7, 11) is 0. The smallest absolute Gasteiger partial charge is 0.550 e. The number of carbonyl (C=O) groups excluding carboxylic acids is 1. The Hall–Kier alpha value is -1.49. The molecule has 0 bridgehead atoms. The van der Waals surface area contributed by atoms with E-state index in [2.05, 4.69) is 0 Å². The SMILES string of the molecule is CC[C@H](C)[C@H](N)C(=O)O.NCCC[C@H](N)C(=O)O.O=C([O-])CCCc1ccccc1.[Na+]. The van der Waals surface area contributed by atoms with E-state index in [4.69, 9.17) is 27.4 Å². The van der Waals surface area contributed by atoms with Crippen molar-refractivity contribution >= 4 is 17.9 Å². The molecule has 31 heavy (non-hydrogen) atoms. The molecule has 10 heteroatoms. The summed E-state index contributed by atoms with van der Waals surface area (Å²) >= 11 is 0. The van der Waals surface area contributed by atoms with Crippen LogP contribution in [0.1, 0.15) is 51.5 Å². The second kappa shape index (κ2) is 21.7. The van der Waals surface area contributed by atoms with Gasteiger partial charge in [0.2, 0.25) is 0 Å². The fourth-order valence-corrected chi connectivity index (χ4v) is 2.04. The van der Waals surface area contributed by atoms with E-state index in [1.54, 1.807) is 0 Å². The summed E-state index contributed by atoms with van der Waals surface area (Å²) in [6.07, 6.45) is 3.57. The molecule has 3 atom stereocenters. The van der Waals surface area contributed by atoms with Crippen molar-refractivity contribution in [1.29, 1.82) is 0 Å². The molecule has 8 N–H and O–H groups in total. The first kappa shape index (κ1) is 34.1. The molecule has 0 unspecified atom stereocenters. The third kappa shape index (κ3) is 21.5. The van der Waals surface area contributed by atoms with Gasteiger partial charge in [-0.1, -0.05) is 50.6 Å². The Kier molecular flexibility index (Phi) is 23.9. The zero-order chi connectivity index (χ0) is 23.5. The van der Waals surface area contributed by atoms with Crippen molar-refractivity contribution in [3.63, 3.8) is 0 Å². The van der Waals surface area contributed by atoms with E-state index in [9.17, 15) is 19.5 Å². The first-order valence-corrected chi connectivity index (χ1v) is 9.97. The second-order valence-electron chi connectivity index (χ2n) is 6.84. The van der Waals surface area contributed by atoms with E-state index < -0.39 is 30.0 Å². The molecule has 0 amide bonds. The molecule has 0 spiro atoms. The van der Waals surface area contributed by atoms with Gasteiger partial charge in [0.1, 0.15) is 12.1 Å². The van der Waals surface area contributed by atoms with Crippen LogP contribution in [0.2, 0.25) is 0 Å². The molecule has 0 radical (unpaired) electrons. The monoisotopic (exact) mass is 449 g/mol. The third-order valence-electron chi connectivity index (χ3n) is 4.27. The van der Waals surface area contributed by atoms with Crippen LogP contribution in [0.5, 0.6) is 0 Å². The van der Waals surface area contributed by atoms with Gasteiger partial charge in [0.15, 0.2) is 0 Å². The largest absolute Gasteiger partial charge is 1.00 e. The van der Waals surface area contributed by atoms with Crippen molar-refractivity contribution in [2.75, 3.05) is 6.54 Å². The van der Waals surface area contributed by atoms with Crippen LogP contribution in [-0.4, -0.2) is 46.7 Å². The number of rotatable bonds is 11. The fraction of sp³-hybridized carbons (Fsp3) is 0.571. The Morgan fingerprint density at radius 2 is 1.58 bits per heavy atom. The van der Waals surface area contributed by atoms with Gasteiger partial charge >= 0.3 is 41.5 Å². The van der Waals surface area contributed by atoms with E-state index in [1.165, 1.54) is 5.56 Å². The molecule has 0 saturated carbocycles. The van der Waals surface area contributed by atoms with Crippen molar-refractivity contribution in [3.8, 4) is 0 Å². The van der Waals surface area contributed by atoms with Crippen LogP contribution in [0, 0.1) is 5.92 Å². The number of carbonyl (C=O) groups is 3. The molecular formula is C21H36N3NaO6. The first-order chi connectivity index (χ1) is 14.1. The van der Waals surface area contributed by atoms with Gasteiger partial charge in [-0.25, -0.2) is 0 Å². The third-order valence-corrected chi connectivity index (χ3v) is 4.27. The van der Waals surface area contributed by atoms with Crippen LogP contribution in [0.25, 0.3) is 0 Å². The Labute approximate surface area is 206 Å². The fourth-order valence-electron chi connectivity index (χ4n) is 2.04. The van der Waals surface area contributed by atoms with Crippen molar-refractivity contribution < 1.29 is 59.3 Å². The molecule has 1 aromatic carbocycles. The molecule has 9 nitrogen and oxygen atoms in total. The maximum absolute atomic E-state index is 10.2. The van der Waals surface area contributed by atoms with Crippen LogP contribution in [0.15, 0.2) is 30.3 Å². The van der Waals surface area contributed by atoms with Gasteiger partial charge in [0.25, 0.3) is 0 Å². The van der Waals surface area contributed by atoms with Crippen molar-refractivity contribution in [2.24, 2.45) is 23.1 Å². The number of hydrogen-bond acceptors (Lipinski definition) is 7. The quantitative estimate of drug-likeness (QED) is 0.224. The molecule has 0 aliphatic rings. The van der Waals surface area contributed by atoms with Crippen LogP contribution >= 0.6 is 0 Å². The van der Waals surface area contributed by atoms with E-state index in [1.807, 2.05) is 44.2 Å². The zero-order valence-corrected chi connectivity index (χ0v) is 20.8. The van der Waals surface area contributed by atoms with E-state index in [-0.39, 0.29) is 41.9 Å². The van der Waals surface area contributed by atoms with Gasteiger partial charge in [-0.15, -0.1) is 0 Å². The zero-order valence-electron chi connectivity index (χ0n) is 18.8. The minimum absolute atomic E-state index is 0. The molecule has 172 valence electrons. The average Bonchev–Trinajstić information content (AvgIpc) is 2.72. The predicted molar refractivity (Wildman–Crippen MR) is 113 cm³/mol. The van der Waals surface area contributed by atoms with Crippen molar-refractivity contribution in [2.45, 2.75) is 64.5 Å². The van der Waals surface area contributed by atoms with Crippen LogP contribution < -0.4 is 51.9 Å². The molecule has 0 heterocycles. The molecule has 0 fully saturated rings. The van der Waals surface area contributed by atoms with Crippen LogP contribution in [0.4, 0.5) is 0 Å². The van der Waals surface area contributed by atoms with Gasteiger partial charge in [-0.2, -0.15) is 0 Å². The number of carboxylic acid groups (broad SMARTS) is 3. The normalized spacial score (nSPS) is 12.4. The number of aryl methyl sites for hydroxylation is 1. The Bertz CT molecular complexity index is 604. The Morgan fingerprint density at radius 3 is 1.94 bits per heavy atom. The summed E-state index contributed by atoms with van der Waals surface area (Å²) in [6, 6.07) is 8.40. The minimum Gasteiger partial charge on any atom is -0.550 e. The summed E-state index contributed by atoms with van der Waals surface area (Å²) in [4.78, 5) is 30.3. The molecule has 0 aliphatic carbocycles. The maximum atomic E-state index is 10.2. The first-order valence-electron chi connectivity index (χ1n) is 9.97. The van der Waals surface area contributed by atoms with Gasteiger partial charge in [0.05, 0.1) is 0 Å². The van der Waals surface area contributed by atoms with E-state index >= 15 is 0 Å². The number of hydrogen-bond donors (Lipinski definition) is 5. The Balaban J connectivity index is -0.000000380. The van der Waals surface area contributed by atoms with Crippen LogP contribution in [0.3, 0.4) is 0 Å². The van der Waals surface area contributed by atoms with Crippen molar-refractivity contribution in [1.82, 2.24) is 0 Å². The molecular weight excluding hydrogens is 413 g/mol. The predicted octanol–water partition coefficient (Wildman–Crippen LogP) is -2.66. The molecule has 0 saturated heterocycles. The van der Waals surface area contributed by atoms with Crippen LogP contribution in [-0.2, 0) is 20.8 Å². The maximum Gasteiger partial charge on any atom is 1.00 e. The minimum atomic E-state index is -0.967. The van der Waals surface area contributed by atoms with Gasteiger partial charge in [-0.05, 0) is 50.1 Å². The Morgan fingerprint density at radius 1 is 1.03 bits per heavy atom. The number of aliphatic carboxylic acids is 3.